The van der Waals surface area contributed by atoms with Crippen molar-refractivity contribution < 1.29 is 0 Å². The summed E-state index contributed by atoms with van der Waals surface area (Å²) in [6.07, 6.45) is 1.25. The molecular formula is C13H30N2. The highest BCUT2D eigenvalue weighted by Gasteiger charge is 2.21. The summed E-state index contributed by atoms with van der Waals surface area (Å²) in [5.74, 6) is 0.721. The molecule has 2 atom stereocenters. The maximum Gasteiger partial charge on any atom is 0.0107 e. The first-order chi connectivity index (χ1) is 7.04. The van der Waals surface area contributed by atoms with Gasteiger partial charge < -0.3 is 5.32 Å². The van der Waals surface area contributed by atoms with E-state index in [1.807, 2.05) is 0 Å². The van der Waals surface area contributed by atoms with Gasteiger partial charge in [0.25, 0.3) is 0 Å². The Morgan fingerprint density at radius 1 is 1.07 bits per heavy atom. The van der Waals surface area contributed by atoms with Gasteiger partial charge in [0.1, 0.15) is 0 Å². The lowest BCUT2D eigenvalue weighted by Gasteiger charge is -2.36. The molecule has 0 radical (unpaired) electrons. The molecule has 2 heteroatoms. The van der Waals surface area contributed by atoms with Crippen LogP contribution in [0.5, 0.6) is 0 Å². The number of hydrogen-bond donors (Lipinski definition) is 1. The Hall–Kier alpha value is -0.0800. The van der Waals surface area contributed by atoms with Gasteiger partial charge in [-0.1, -0.05) is 20.8 Å². The van der Waals surface area contributed by atoms with Crippen molar-refractivity contribution >= 4 is 0 Å². The van der Waals surface area contributed by atoms with E-state index in [2.05, 4.69) is 51.8 Å². The molecule has 2 nitrogen and oxygen atoms in total. The standard InChI is InChI=1S/C13H30N2/c1-7-9-15(11(3)4)13(6)12(5)10-14-8-2/h11-14H,7-10H2,1-6H3. The van der Waals surface area contributed by atoms with Gasteiger partial charge in [-0.15, -0.1) is 0 Å². The predicted octanol–water partition coefficient (Wildman–Crippen LogP) is 2.74. The van der Waals surface area contributed by atoms with E-state index in [0.29, 0.717) is 12.1 Å². The van der Waals surface area contributed by atoms with Crippen molar-refractivity contribution in [2.45, 2.75) is 60.0 Å². The Morgan fingerprint density at radius 3 is 2.07 bits per heavy atom. The molecule has 2 unspecified atom stereocenters. The summed E-state index contributed by atoms with van der Waals surface area (Å²) in [7, 11) is 0. The molecule has 0 heterocycles. The number of nitrogens with zero attached hydrogens (tertiary/aromatic N) is 1. The van der Waals surface area contributed by atoms with Gasteiger partial charge in [0.15, 0.2) is 0 Å². The quantitative estimate of drug-likeness (QED) is 0.668. The second-order valence-corrected chi connectivity index (χ2v) is 4.86. The Kier molecular flexibility index (Phi) is 8.07. The summed E-state index contributed by atoms with van der Waals surface area (Å²) in [5.41, 5.74) is 0. The highest BCUT2D eigenvalue weighted by atomic mass is 15.2. The van der Waals surface area contributed by atoms with Crippen LogP contribution in [0.1, 0.15) is 48.0 Å². The molecule has 0 saturated carbocycles. The fraction of sp³-hybridized carbons (Fsp3) is 1.00. The Balaban J connectivity index is 4.15. The molecule has 0 spiro atoms. The average molecular weight is 214 g/mol. The van der Waals surface area contributed by atoms with Crippen molar-refractivity contribution in [3.8, 4) is 0 Å². The van der Waals surface area contributed by atoms with Crippen LogP contribution in [-0.4, -0.2) is 36.6 Å². The summed E-state index contributed by atoms with van der Waals surface area (Å²) in [6, 6.07) is 1.33. The van der Waals surface area contributed by atoms with Crippen LogP contribution in [0.15, 0.2) is 0 Å². The number of hydrogen-bond acceptors (Lipinski definition) is 2. The topological polar surface area (TPSA) is 15.3 Å². The minimum absolute atomic E-state index is 0.657. The normalized spacial score (nSPS) is 16.0. The molecule has 0 aromatic heterocycles. The Labute approximate surface area is 96.4 Å². The zero-order valence-corrected chi connectivity index (χ0v) is 11.5. The number of rotatable bonds is 8. The average Bonchev–Trinajstić information content (AvgIpc) is 2.21. The fourth-order valence-electron chi connectivity index (χ4n) is 2.06. The second-order valence-electron chi connectivity index (χ2n) is 4.86. The smallest absolute Gasteiger partial charge is 0.0107 e. The van der Waals surface area contributed by atoms with Crippen molar-refractivity contribution in [2.75, 3.05) is 19.6 Å². The summed E-state index contributed by atoms with van der Waals surface area (Å²) >= 11 is 0. The molecule has 1 N–H and O–H groups in total. The lowest BCUT2D eigenvalue weighted by atomic mass is 10.0. The van der Waals surface area contributed by atoms with Gasteiger partial charge in [-0.3, -0.25) is 4.90 Å². The van der Waals surface area contributed by atoms with Crippen LogP contribution >= 0.6 is 0 Å². The zero-order valence-electron chi connectivity index (χ0n) is 11.5. The third-order valence-electron chi connectivity index (χ3n) is 3.21. The van der Waals surface area contributed by atoms with Gasteiger partial charge in [0, 0.05) is 12.1 Å². The van der Waals surface area contributed by atoms with E-state index in [1.54, 1.807) is 0 Å². The van der Waals surface area contributed by atoms with Crippen molar-refractivity contribution in [3.05, 3.63) is 0 Å². The van der Waals surface area contributed by atoms with Crippen molar-refractivity contribution in [1.82, 2.24) is 10.2 Å². The van der Waals surface area contributed by atoms with Crippen LogP contribution in [0, 0.1) is 5.92 Å². The number of nitrogens with one attached hydrogen (secondary N) is 1. The van der Waals surface area contributed by atoms with E-state index in [0.717, 1.165) is 19.0 Å². The van der Waals surface area contributed by atoms with Gasteiger partial charge in [0.2, 0.25) is 0 Å². The fourth-order valence-corrected chi connectivity index (χ4v) is 2.06. The first kappa shape index (κ1) is 14.9. The van der Waals surface area contributed by atoms with Crippen LogP contribution in [0.25, 0.3) is 0 Å². The molecule has 0 aliphatic carbocycles. The first-order valence-electron chi connectivity index (χ1n) is 6.50. The maximum absolute atomic E-state index is 3.44. The van der Waals surface area contributed by atoms with Crippen LogP contribution in [-0.2, 0) is 0 Å². The first-order valence-corrected chi connectivity index (χ1v) is 6.50. The minimum Gasteiger partial charge on any atom is -0.317 e. The molecule has 0 aromatic carbocycles. The van der Waals surface area contributed by atoms with E-state index >= 15 is 0 Å². The molecule has 15 heavy (non-hydrogen) atoms. The second kappa shape index (κ2) is 8.12. The molecule has 0 rings (SSSR count). The lowest BCUT2D eigenvalue weighted by molar-refractivity contribution is 0.123. The largest absolute Gasteiger partial charge is 0.317 e. The highest BCUT2D eigenvalue weighted by Crippen LogP contribution is 2.14. The summed E-state index contributed by atoms with van der Waals surface area (Å²) in [5, 5.41) is 3.44. The van der Waals surface area contributed by atoms with Gasteiger partial charge in [0.05, 0.1) is 0 Å². The molecule has 0 bridgehead atoms. The van der Waals surface area contributed by atoms with Crippen molar-refractivity contribution in [2.24, 2.45) is 5.92 Å². The molecule has 0 aromatic rings. The van der Waals surface area contributed by atoms with E-state index in [4.69, 9.17) is 0 Å². The van der Waals surface area contributed by atoms with Crippen LogP contribution in [0.3, 0.4) is 0 Å². The maximum atomic E-state index is 3.44. The Morgan fingerprint density at radius 2 is 1.67 bits per heavy atom. The lowest BCUT2D eigenvalue weighted by Crippen LogP contribution is -2.45. The highest BCUT2D eigenvalue weighted by molar-refractivity contribution is 4.76. The monoisotopic (exact) mass is 214 g/mol. The molecule has 0 aliphatic heterocycles. The third kappa shape index (κ3) is 5.53. The van der Waals surface area contributed by atoms with Crippen LogP contribution in [0.4, 0.5) is 0 Å². The SMILES string of the molecule is CCCN(C(C)C)C(C)C(C)CNCC. The van der Waals surface area contributed by atoms with Crippen LogP contribution < -0.4 is 5.32 Å². The minimum atomic E-state index is 0.657. The van der Waals surface area contributed by atoms with Gasteiger partial charge in [-0.25, -0.2) is 0 Å². The molecule has 0 amide bonds. The Bertz CT molecular complexity index is 145. The summed E-state index contributed by atoms with van der Waals surface area (Å²) in [4.78, 5) is 2.61. The zero-order chi connectivity index (χ0) is 11.8. The van der Waals surface area contributed by atoms with Gasteiger partial charge >= 0.3 is 0 Å². The molecular weight excluding hydrogens is 184 g/mol. The third-order valence-corrected chi connectivity index (χ3v) is 3.21. The van der Waals surface area contributed by atoms with Gasteiger partial charge in [-0.2, -0.15) is 0 Å². The molecule has 92 valence electrons. The van der Waals surface area contributed by atoms with E-state index in [1.165, 1.54) is 13.0 Å². The van der Waals surface area contributed by atoms with Crippen LogP contribution in [0.2, 0.25) is 0 Å². The van der Waals surface area contributed by atoms with E-state index in [9.17, 15) is 0 Å². The molecule has 0 fully saturated rings. The predicted molar refractivity (Wildman–Crippen MR) is 69.3 cm³/mol. The van der Waals surface area contributed by atoms with Crippen molar-refractivity contribution in [3.63, 3.8) is 0 Å². The van der Waals surface area contributed by atoms with E-state index < -0.39 is 0 Å². The van der Waals surface area contributed by atoms with E-state index in [-0.39, 0.29) is 0 Å². The van der Waals surface area contributed by atoms with Crippen molar-refractivity contribution in [1.29, 1.82) is 0 Å². The molecule has 0 aliphatic rings. The van der Waals surface area contributed by atoms with Gasteiger partial charge in [-0.05, 0) is 52.7 Å². The summed E-state index contributed by atoms with van der Waals surface area (Å²) in [6.45, 7) is 17.2. The molecule has 0 saturated heterocycles. The summed E-state index contributed by atoms with van der Waals surface area (Å²) < 4.78 is 0.